The Bertz CT molecular complexity index is 636. The number of aryl methyl sites for hydroxylation is 2. The van der Waals surface area contributed by atoms with Gasteiger partial charge >= 0.3 is 0 Å². The maximum absolute atomic E-state index is 12.8. The van der Waals surface area contributed by atoms with E-state index in [1.165, 1.54) is 12.8 Å². The molecule has 26 heavy (non-hydrogen) atoms. The maximum atomic E-state index is 12.8. The van der Waals surface area contributed by atoms with Crippen molar-refractivity contribution in [3.63, 3.8) is 0 Å². The highest BCUT2D eigenvalue weighted by atomic mass is 16.2. The topological polar surface area (TPSA) is 58.4 Å². The van der Waals surface area contributed by atoms with Crippen LogP contribution in [0.15, 0.2) is 12.4 Å². The first-order valence-corrected chi connectivity index (χ1v) is 10.0. The number of carbonyl (C=O) groups is 2. The van der Waals surface area contributed by atoms with Gasteiger partial charge in [0.05, 0.1) is 6.04 Å². The van der Waals surface area contributed by atoms with Crippen molar-refractivity contribution in [3.05, 3.63) is 18.2 Å². The zero-order chi connectivity index (χ0) is 18.7. The highest BCUT2D eigenvalue weighted by Gasteiger charge is 2.36. The van der Waals surface area contributed by atoms with Gasteiger partial charge in [-0.25, -0.2) is 4.98 Å². The van der Waals surface area contributed by atoms with Gasteiger partial charge in [-0.1, -0.05) is 13.8 Å². The van der Waals surface area contributed by atoms with E-state index in [4.69, 9.17) is 0 Å². The summed E-state index contributed by atoms with van der Waals surface area (Å²) in [5, 5.41) is 0. The van der Waals surface area contributed by atoms with Crippen LogP contribution in [0.2, 0.25) is 0 Å². The third-order valence-corrected chi connectivity index (χ3v) is 5.71. The molecule has 0 radical (unpaired) electrons. The summed E-state index contributed by atoms with van der Waals surface area (Å²) in [6.45, 7) is 9.23. The van der Waals surface area contributed by atoms with Gasteiger partial charge in [-0.2, -0.15) is 0 Å². The average molecular weight is 361 g/mol. The number of hydrogen-bond donors (Lipinski definition) is 0. The summed E-state index contributed by atoms with van der Waals surface area (Å²) in [6, 6.07) is 0.144. The minimum atomic E-state index is 0.144. The van der Waals surface area contributed by atoms with Gasteiger partial charge in [0, 0.05) is 51.4 Å². The van der Waals surface area contributed by atoms with E-state index in [1.54, 1.807) is 6.20 Å². The summed E-state index contributed by atoms with van der Waals surface area (Å²) in [4.78, 5) is 33.6. The lowest BCUT2D eigenvalue weighted by Crippen LogP contribution is -2.48. The highest BCUT2D eigenvalue weighted by molar-refractivity contribution is 5.80. The molecule has 144 valence electrons. The predicted octanol–water partition coefficient (Wildman–Crippen LogP) is 2.47. The van der Waals surface area contributed by atoms with Crippen LogP contribution in [-0.4, -0.2) is 56.8 Å². The van der Waals surface area contributed by atoms with E-state index in [0.29, 0.717) is 37.8 Å². The molecule has 0 aromatic carbocycles. The second-order valence-corrected chi connectivity index (χ2v) is 8.16. The Morgan fingerprint density at radius 2 is 2.12 bits per heavy atom. The first-order chi connectivity index (χ1) is 12.5. The fourth-order valence-electron chi connectivity index (χ4n) is 3.79. The molecule has 1 aromatic heterocycles. The molecular formula is C20H32N4O2. The molecule has 1 aromatic rings. The molecule has 2 amide bonds. The number of aromatic nitrogens is 2. The van der Waals surface area contributed by atoms with Crippen LogP contribution in [0.3, 0.4) is 0 Å². The standard InChI is InChI=1S/C20H32N4O2/c1-15(2)18-14-23(11-8-20(26)24(18)13-17-6-7-17)19(25)5-4-10-22-12-9-21-16(22)3/h9,12,15,17-18H,4-8,10-11,13-14H2,1-3H3. The molecule has 2 aliphatic rings. The molecular weight excluding hydrogens is 328 g/mol. The Balaban J connectivity index is 1.57. The number of hydrogen-bond acceptors (Lipinski definition) is 3. The fraction of sp³-hybridized carbons (Fsp3) is 0.750. The number of nitrogens with zero attached hydrogens (tertiary/aromatic N) is 4. The first-order valence-electron chi connectivity index (χ1n) is 10.0. The smallest absolute Gasteiger partial charge is 0.224 e. The van der Waals surface area contributed by atoms with Crippen molar-refractivity contribution in [2.24, 2.45) is 11.8 Å². The van der Waals surface area contributed by atoms with Gasteiger partial charge in [0.15, 0.2) is 0 Å². The summed E-state index contributed by atoms with van der Waals surface area (Å²) >= 11 is 0. The third-order valence-electron chi connectivity index (χ3n) is 5.71. The molecule has 0 N–H and O–H groups in total. The molecule has 1 unspecified atom stereocenters. The van der Waals surface area contributed by atoms with Crippen molar-refractivity contribution in [3.8, 4) is 0 Å². The van der Waals surface area contributed by atoms with Gasteiger partial charge in [-0.3, -0.25) is 9.59 Å². The molecule has 1 saturated carbocycles. The number of carbonyl (C=O) groups excluding carboxylic acids is 2. The molecule has 3 rings (SSSR count). The first kappa shape index (κ1) is 18.9. The van der Waals surface area contributed by atoms with Crippen LogP contribution in [0.5, 0.6) is 0 Å². The summed E-state index contributed by atoms with van der Waals surface area (Å²) < 4.78 is 2.08. The summed E-state index contributed by atoms with van der Waals surface area (Å²) in [5.74, 6) is 2.42. The largest absolute Gasteiger partial charge is 0.340 e. The minimum Gasteiger partial charge on any atom is -0.340 e. The van der Waals surface area contributed by atoms with Gasteiger partial charge in [0.1, 0.15) is 5.82 Å². The van der Waals surface area contributed by atoms with Gasteiger partial charge < -0.3 is 14.4 Å². The quantitative estimate of drug-likeness (QED) is 0.750. The Kier molecular flexibility index (Phi) is 5.99. The highest BCUT2D eigenvalue weighted by Crippen LogP contribution is 2.32. The molecule has 6 nitrogen and oxygen atoms in total. The van der Waals surface area contributed by atoms with Crippen molar-refractivity contribution >= 4 is 11.8 Å². The van der Waals surface area contributed by atoms with Crippen molar-refractivity contribution in [1.29, 1.82) is 0 Å². The molecule has 2 fully saturated rings. The zero-order valence-corrected chi connectivity index (χ0v) is 16.4. The Hall–Kier alpha value is -1.85. The van der Waals surface area contributed by atoms with Crippen molar-refractivity contribution in [1.82, 2.24) is 19.4 Å². The van der Waals surface area contributed by atoms with E-state index in [0.717, 1.165) is 25.3 Å². The summed E-state index contributed by atoms with van der Waals surface area (Å²) in [7, 11) is 0. The predicted molar refractivity (Wildman–Crippen MR) is 100 cm³/mol. The van der Waals surface area contributed by atoms with Crippen LogP contribution in [0.25, 0.3) is 0 Å². The van der Waals surface area contributed by atoms with E-state index >= 15 is 0 Å². The second-order valence-electron chi connectivity index (χ2n) is 8.16. The molecule has 0 spiro atoms. The summed E-state index contributed by atoms with van der Waals surface area (Å²) in [5.41, 5.74) is 0. The zero-order valence-electron chi connectivity index (χ0n) is 16.4. The summed E-state index contributed by atoms with van der Waals surface area (Å²) in [6.07, 6.45) is 8.02. The van der Waals surface area contributed by atoms with Crippen LogP contribution in [0, 0.1) is 18.8 Å². The SMILES string of the molecule is Cc1nccn1CCCC(=O)N1CCC(=O)N(CC2CC2)C(C(C)C)C1. The fourth-order valence-corrected chi connectivity index (χ4v) is 3.79. The minimum absolute atomic E-state index is 0.144. The molecule has 1 aliphatic carbocycles. The van der Waals surface area contributed by atoms with E-state index in [2.05, 4.69) is 28.3 Å². The van der Waals surface area contributed by atoms with Crippen molar-refractivity contribution in [2.75, 3.05) is 19.6 Å². The lowest BCUT2D eigenvalue weighted by molar-refractivity contribution is -0.134. The van der Waals surface area contributed by atoms with Crippen LogP contribution < -0.4 is 0 Å². The van der Waals surface area contributed by atoms with Gasteiger partial charge in [0.2, 0.25) is 11.8 Å². The lowest BCUT2D eigenvalue weighted by Gasteiger charge is -2.34. The lowest BCUT2D eigenvalue weighted by atomic mass is 10.0. The Labute approximate surface area is 156 Å². The maximum Gasteiger partial charge on any atom is 0.224 e. The molecule has 2 heterocycles. The van der Waals surface area contributed by atoms with Gasteiger partial charge in [0.25, 0.3) is 0 Å². The van der Waals surface area contributed by atoms with Crippen LogP contribution >= 0.6 is 0 Å². The van der Waals surface area contributed by atoms with Crippen LogP contribution in [0.1, 0.15) is 51.8 Å². The van der Waals surface area contributed by atoms with Crippen molar-refractivity contribution < 1.29 is 9.59 Å². The number of imidazole rings is 1. The number of amides is 2. The molecule has 1 atom stereocenters. The van der Waals surface area contributed by atoms with Crippen LogP contribution in [-0.2, 0) is 16.1 Å². The molecule has 1 aliphatic heterocycles. The van der Waals surface area contributed by atoms with Gasteiger partial charge in [-0.05, 0) is 38.0 Å². The normalized spacial score (nSPS) is 21.4. The van der Waals surface area contributed by atoms with Gasteiger partial charge in [-0.15, -0.1) is 0 Å². The Morgan fingerprint density at radius 3 is 2.73 bits per heavy atom. The average Bonchev–Trinajstić information content (AvgIpc) is 3.36. The third kappa shape index (κ3) is 4.65. The van der Waals surface area contributed by atoms with Crippen molar-refractivity contribution in [2.45, 2.75) is 65.5 Å². The monoisotopic (exact) mass is 360 g/mol. The van der Waals surface area contributed by atoms with E-state index in [1.807, 2.05) is 18.0 Å². The van der Waals surface area contributed by atoms with E-state index in [9.17, 15) is 9.59 Å². The van der Waals surface area contributed by atoms with Crippen LogP contribution in [0.4, 0.5) is 0 Å². The Morgan fingerprint density at radius 1 is 1.35 bits per heavy atom. The van der Waals surface area contributed by atoms with E-state index in [-0.39, 0.29) is 17.9 Å². The molecule has 6 heteroatoms. The number of rotatable bonds is 7. The molecule has 0 bridgehead atoms. The van der Waals surface area contributed by atoms with E-state index < -0.39 is 0 Å². The molecule has 1 saturated heterocycles. The second kappa shape index (κ2) is 8.23.